The van der Waals surface area contributed by atoms with Crippen molar-refractivity contribution < 1.29 is 9.18 Å². The smallest absolute Gasteiger partial charge is 0.165 e. The van der Waals surface area contributed by atoms with Crippen molar-refractivity contribution in [2.75, 3.05) is 5.32 Å². The number of nitrogens with one attached hydrogen (secondary N) is 1. The van der Waals surface area contributed by atoms with Crippen LogP contribution < -0.4 is 5.32 Å². The predicted octanol–water partition coefficient (Wildman–Crippen LogP) is 7.11. The van der Waals surface area contributed by atoms with Gasteiger partial charge in [0, 0.05) is 17.7 Å². The number of carbonyl (C=O) groups is 1. The van der Waals surface area contributed by atoms with Gasteiger partial charge < -0.3 is 5.32 Å². The van der Waals surface area contributed by atoms with E-state index in [9.17, 15) is 9.18 Å². The number of rotatable bonds is 7. The number of anilines is 1. The number of benzene rings is 3. The van der Waals surface area contributed by atoms with Gasteiger partial charge in [-0.15, -0.1) is 0 Å². The first kappa shape index (κ1) is 21.8. The molecule has 1 atom stereocenters. The second-order valence-corrected chi connectivity index (χ2v) is 8.76. The van der Waals surface area contributed by atoms with Gasteiger partial charge in [0.25, 0.3) is 0 Å². The highest BCUT2D eigenvalue weighted by atomic mass is 19.1. The molecule has 156 valence electrons. The first-order valence-corrected chi connectivity index (χ1v) is 10.5. The van der Waals surface area contributed by atoms with E-state index in [2.05, 4.69) is 45.1 Å². The molecule has 0 heterocycles. The Bertz CT molecular complexity index is 985. The number of carbonyl (C=O) groups excluding carboxylic acids is 1. The van der Waals surface area contributed by atoms with Gasteiger partial charge in [-0.3, -0.25) is 4.79 Å². The van der Waals surface area contributed by atoms with Crippen LogP contribution in [0.3, 0.4) is 0 Å². The van der Waals surface area contributed by atoms with E-state index < -0.39 is 0 Å². The first-order chi connectivity index (χ1) is 14.3. The number of halogens is 1. The molecule has 0 radical (unpaired) electrons. The summed E-state index contributed by atoms with van der Waals surface area (Å²) in [4.78, 5) is 13.1. The van der Waals surface area contributed by atoms with Crippen LogP contribution in [0.25, 0.3) is 0 Å². The molecule has 3 heteroatoms. The standard InChI is InChI=1S/C27H30FNO/c1-5-19-9-11-20(12-10-19)25(29-24-8-6-7-23(28)17-24)18-26(30)21-13-15-22(16-14-21)27(2,3)4/h6-17,25,29H,5,18H2,1-4H3/t25-/m0/s1. The fourth-order valence-electron chi connectivity index (χ4n) is 3.48. The Labute approximate surface area is 179 Å². The molecule has 0 amide bonds. The van der Waals surface area contributed by atoms with Crippen molar-refractivity contribution in [2.24, 2.45) is 0 Å². The van der Waals surface area contributed by atoms with E-state index >= 15 is 0 Å². The van der Waals surface area contributed by atoms with Gasteiger partial charge in [0.05, 0.1) is 6.04 Å². The molecule has 3 aromatic carbocycles. The summed E-state index contributed by atoms with van der Waals surface area (Å²) >= 11 is 0. The number of hydrogen-bond donors (Lipinski definition) is 1. The Hall–Kier alpha value is -2.94. The quantitative estimate of drug-likeness (QED) is 0.426. The van der Waals surface area contributed by atoms with Crippen molar-refractivity contribution in [3.8, 4) is 0 Å². The van der Waals surface area contributed by atoms with Crippen LogP contribution in [0.5, 0.6) is 0 Å². The minimum atomic E-state index is -0.302. The van der Waals surface area contributed by atoms with Crippen LogP contribution in [-0.4, -0.2) is 5.78 Å². The van der Waals surface area contributed by atoms with E-state index in [1.807, 2.05) is 42.5 Å². The number of aryl methyl sites for hydroxylation is 1. The Morgan fingerprint density at radius 2 is 1.63 bits per heavy atom. The second-order valence-electron chi connectivity index (χ2n) is 8.76. The first-order valence-electron chi connectivity index (χ1n) is 10.5. The summed E-state index contributed by atoms with van der Waals surface area (Å²) in [5.41, 5.74) is 4.85. The lowest BCUT2D eigenvalue weighted by molar-refractivity contribution is 0.0976. The van der Waals surface area contributed by atoms with Crippen molar-refractivity contribution in [3.05, 3.63) is 101 Å². The summed E-state index contributed by atoms with van der Waals surface area (Å²) in [7, 11) is 0. The van der Waals surface area contributed by atoms with Crippen LogP contribution >= 0.6 is 0 Å². The van der Waals surface area contributed by atoms with Crippen molar-refractivity contribution >= 4 is 11.5 Å². The SMILES string of the molecule is CCc1ccc([C@H](CC(=O)c2ccc(C(C)(C)C)cc2)Nc2cccc(F)c2)cc1. The van der Waals surface area contributed by atoms with Gasteiger partial charge in [-0.05, 0) is 46.7 Å². The molecule has 30 heavy (non-hydrogen) atoms. The minimum absolute atomic E-state index is 0.0457. The van der Waals surface area contributed by atoms with E-state index in [1.165, 1.54) is 23.3 Å². The molecule has 0 saturated heterocycles. The van der Waals surface area contributed by atoms with Crippen molar-refractivity contribution in [2.45, 2.75) is 52.0 Å². The van der Waals surface area contributed by atoms with E-state index in [4.69, 9.17) is 0 Å². The molecule has 0 unspecified atom stereocenters. The summed E-state index contributed by atoms with van der Waals surface area (Å²) in [6.07, 6.45) is 1.25. The molecule has 3 rings (SSSR count). The summed E-state index contributed by atoms with van der Waals surface area (Å²) in [5, 5.41) is 3.35. The summed E-state index contributed by atoms with van der Waals surface area (Å²) in [6, 6.07) is 22.2. The fraction of sp³-hybridized carbons (Fsp3) is 0.296. The van der Waals surface area contributed by atoms with Gasteiger partial charge in [0.2, 0.25) is 0 Å². The maximum atomic E-state index is 13.7. The number of Topliss-reactive ketones (excluding diaryl/α,β-unsaturated/α-hetero) is 1. The average Bonchev–Trinajstić information content (AvgIpc) is 2.73. The molecule has 0 aliphatic heterocycles. The number of ketones is 1. The van der Waals surface area contributed by atoms with Crippen LogP contribution in [0.15, 0.2) is 72.8 Å². The lowest BCUT2D eigenvalue weighted by Crippen LogP contribution is -2.16. The zero-order valence-corrected chi connectivity index (χ0v) is 18.2. The predicted molar refractivity (Wildman–Crippen MR) is 123 cm³/mol. The van der Waals surface area contributed by atoms with Crippen LogP contribution in [0, 0.1) is 5.82 Å². The van der Waals surface area contributed by atoms with Crippen LogP contribution in [0.2, 0.25) is 0 Å². The van der Waals surface area contributed by atoms with Crippen molar-refractivity contribution in [1.82, 2.24) is 0 Å². The molecule has 0 aromatic heterocycles. The molecule has 0 aliphatic carbocycles. The average molecular weight is 404 g/mol. The molecule has 0 bridgehead atoms. The lowest BCUT2D eigenvalue weighted by Gasteiger charge is -2.21. The summed E-state index contributed by atoms with van der Waals surface area (Å²) in [5.74, 6) is -0.242. The van der Waals surface area contributed by atoms with Gasteiger partial charge in [-0.25, -0.2) is 4.39 Å². The monoisotopic (exact) mass is 403 g/mol. The third-order valence-electron chi connectivity index (χ3n) is 5.42. The Kier molecular flexibility index (Phi) is 6.71. The highest BCUT2D eigenvalue weighted by Gasteiger charge is 2.19. The lowest BCUT2D eigenvalue weighted by atomic mass is 9.86. The second kappa shape index (κ2) is 9.25. The van der Waals surface area contributed by atoms with Gasteiger partial charge in [0.1, 0.15) is 5.82 Å². The molecule has 0 spiro atoms. The van der Waals surface area contributed by atoms with Gasteiger partial charge in [-0.2, -0.15) is 0 Å². The number of hydrogen-bond acceptors (Lipinski definition) is 2. The van der Waals surface area contributed by atoms with E-state index in [1.54, 1.807) is 6.07 Å². The summed E-state index contributed by atoms with van der Waals surface area (Å²) in [6.45, 7) is 8.58. The largest absolute Gasteiger partial charge is 0.378 e. The van der Waals surface area contributed by atoms with Crippen LogP contribution in [-0.2, 0) is 11.8 Å². The van der Waals surface area contributed by atoms with Crippen LogP contribution in [0.4, 0.5) is 10.1 Å². The maximum absolute atomic E-state index is 13.7. The summed E-state index contributed by atoms with van der Waals surface area (Å²) < 4.78 is 13.7. The van der Waals surface area contributed by atoms with Gasteiger partial charge >= 0.3 is 0 Å². The minimum Gasteiger partial charge on any atom is -0.378 e. The Balaban J connectivity index is 1.84. The highest BCUT2D eigenvalue weighted by molar-refractivity contribution is 5.96. The van der Waals surface area contributed by atoms with Gasteiger partial charge in [0.15, 0.2) is 5.78 Å². The van der Waals surface area contributed by atoms with E-state index in [0.717, 1.165) is 12.0 Å². The zero-order valence-electron chi connectivity index (χ0n) is 18.2. The van der Waals surface area contributed by atoms with Gasteiger partial charge in [-0.1, -0.05) is 82.3 Å². The van der Waals surface area contributed by atoms with Crippen molar-refractivity contribution in [1.29, 1.82) is 0 Å². The third-order valence-corrected chi connectivity index (χ3v) is 5.42. The molecule has 0 aliphatic rings. The fourth-order valence-corrected chi connectivity index (χ4v) is 3.48. The topological polar surface area (TPSA) is 29.1 Å². The normalized spacial score (nSPS) is 12.4. The zero-order chi connectivity index (χ0) is 21.7. The third kappa shape index (κ3) is 5.56. The molecule has 0 fully saturated rings. The van der Waals surface area contributed by atoms with Crippen molar-refractivity contribution in [3.63, 3.8) is 0 Å². The van der Waals surface area contributed by atoms with E-state index in [-0.39, 0.29) is 29.5 Å². The Morgan fingerprint density at radius 3 is 2.20 bits per heavy atom. The molecular formula is C27H30FNO. The van der Waals surface area contributed by atoms with E-state index in [0.29, 0.717) is 11.3 Å². The molecule has 1 N–H and O–H groups in total. The molecule has 3 aromatic rings. The van der Waals surface area contributed by atoms with Crippen LogP contribution in [0.1, 0.15) is 67.2 Å². The molecule has 2 nitrogen and oxygen atoms in total. The maximum Gasteiger partial charge on any atom is 0.165 e. The molecule has 0 saturated carbocycles. The highest BCUT2D eigenvalue weighted by Crippen LogP contribution is 2.27. The molecular weight excluding hydrogens is 373 g/mol. The Morgan fingerprint density at radius 1 is 0.967 bits per heavy atom.